The van der Waals surface area contributed by atoms with Gasteiger partial charge < -0.3 is 10.2 Å². The molecule has 2 aliphatic rings. The van der Waals surface area contributed by atoms with Crippen molar-refractivity contribution in [3.05, 3.63) is 12.2 Å². The molecule has 4 unspecified atom stereocenters. The topological polar surface area (TPSA) is 74.6 Å². The Kier molecular flexibility index (Phi) is 12.4. The van der Waals surface area contributed by atoms with E-state index in [9.17, 15) is 19.8 Å². The summed E-state index contributed by atoms with van der Waals surface area (Å²) >= 11 is 4.29. The highest BCUT2D eigenvalue weighted by Crippen LogP contribution is 2.39. The standard InChI is InChI=1S/C28H48O4S2/c1-27(2,25(29)30)19-7-5-11-21-13-9-15-23(33-21)17-18-24-16-10-14-22(34-24)12-6-8-20-28(3,4)26(31)32/h17-18,21-24H,5-16,19-20H2,1-4H3,(H,29,30)(H,31,32)/b18-17+. The zero-order valence-electron chi connectivity index (χ0n) is 21.9. The Hall–Kier alpha value is -0.620. The van der Waals surface area contributed by atoms with Crippen LogP contribution >= 0.6 is 23.5 Å². The zero-order valence-corrected chi connectivity index (χ0v) is 23.5. The molecule has 6 heteroatoms. The molecule has 2 aliphatic heterocycles. The largest absolute Gasteiger partial charge is 0.481 e. The molecule has 34 heavy (non-hydrogen) atoms. The van der Waals surface area contributed by atoms with Gasteiger partial charge in [-0.1, -0.05) is 50.7 Å². The Morgan fingerprint density at radius 2 is 1.09 bits per heavy atom. The van der Waals surface area contributed by atoms with Crippen molar-refractivity contribution >= 4 is 35.5 Å². The maximum atomic E-state index is 11.3. The molecule has 0 aromatic carbocycles. The Labute approximate surface area is 216 Å². The number of carbonyl (C=O) groups is 2. The van der Waals surface area contributed by atoms with Crippen molar-refractivity contribution < 1.29 is 19.8 Å². The minimum absolute atomic E-state index is 0.602. The van der Waals surface area contributed by atoms with Gasteiger partial charge in [0, 0.05) is 21.0 Å². The van der Waals surface area contributed by atoms with Gasteiger partial charge in [-0.15, -0.1) is 0 Å². The lowest BCUT2D eigenvalue weighted by molar-refractivity contribution is -0.148. The minimum Gasteiger partial charge on any atom is -0.481 e. The van der Waals surface area contributed by atoms with E-state index < -0.39 is 22.8 Å². The van der Waals surface area contributed by atoms with Gasteiger partial charge in [0.05, 0.1) is 10.8 Å². The third kappa shape index (κ3) is 10.6. The summed E-state index contributed by atoms with van der Waals surface area (Å²) in [6.07, 6.45) is 21.0. The Bertz CT molecular complexity index is 617. The smallest absolute Gasteiger partial charge is 0.309 e. The molecule has 0 aromatic rings. The highest BCUT2D eigenvalue weighted by atomic mass is 32.2. The van der Waals surface area contributed by atoms with Crippen LogP contribution in [-0.4, -0.2) is 43.2 Å². The van der Waals surface area contributed by atoms with Crippen LogP contribution in [0.4, 0.5) is 0 Å². The van der Waals surface area contributed by atoms with Gasteiger partial charge in [-0.25, -0.2) is 0 Å². The van der Waals surface area contributed by atoms with E-state index in [4.69, 9.17) is 0 Å². The molecule has 4 atom stereocenters. The summed E-state index contributed by atoms with van der Waals surface area (Å²) in [6, 6.07) is 0. The number of hydrogen-bond donors (Lipinski definition) is 2. The second-order valence-electron chi connectivity index (χ2n) is 11.7. The monoisotopic (exact) mass is 512 g/mol. The van der Waals surface area contributed by atoms with Crippen molar-refractivity contribution in [2.75, 3.05) is 0 Å². The average Bonchev–Trinajstić information content (AvgIpc) is 2.79. The van der Waals surface area contributed by atoms with Crippen LogP contribution in [0, 0.1) is 10.8 Å². The summed E-state index contributed by atoms with van der Waals surface area (Å²) in [7, 11) is 0. The molecule has 0 amide bonds. The molecule has 196 valence electrons. The third-order valence-electron chi connectivity index (χ3n) is 7.62. The summed E-state index contributed by atoms with van der Waals surface area (Å²) in [5.74, 6) is -1.37. The highest BCUT2D eigenvalue weighted by molar-refractivity contribution is 8.01. The quantitative estimate of drug-likeness (QED) is 0.180. The number of aliphatic carboxylic acids is 2. The molecule has 0 saturated carbocycles. The van der Waals surface area contributed by atoms with Crippen LogP contribution in [0.2, 0.25) is 0 Å². The second kappa shape index (κ2) is 14.2. The van der Waals surface area contributed by atoms with E-state index in [0.717, 1.165) is 49.0 Å². The molecule has 0 spiro atoms. The second-order valence-corrected chi connectivity index (χ2v) is 14.8. The predicted molar refractivity (Wildman–Crippen MR) is 147 cm³/mol. The van der Waals surface area contributed by atoms with Crippen molar-refractivity contribution in [3.63, 3.8) is 0 Å². The minimum atomic E-state index is -0.685. The van der Waals surface area contributed by atoms with Crippen LogP contribution in [0.1, 0.15) is 118 Å². The van der Waals surface area contributed by atoms with Crippen molar-refractivity contribution in [3.8, 4) is 0 Å². The Morgan fingerprint density at radius 1 is 0.706 bits per heavy atom. The number of carboxylic acid groups (broad SMARTS) is 2. The first kappa shape index (κ1) is 29.6. The molecule has 4 nitrogen and oxygen atoms in total. The molecule has 2 saturated heterocycles. The van der Waals surface area contributed by atoms with Gasteiger partial charge in [0.1, 0.15) is 0 Å². The van der Waals surface area contributed by atoms with E-state index in [2.05, 4.69) is 35.7 Å². The van der Waals surface area contributed by atoms with E-state index in [1.165, 1.54) is 51.4 Å². The molecule has 2 heterocycles. The van der Waals surface area contributed by atoms with Gasteiger partial charge in [0.2, 0.25) is 0 Å². The number of carboxylic acids is 2. The fourth-order valence-corrected chi connectivity index (χ4v) is 8.08. The van der Waals surface area contributed by atoms with Crippen molar-refractivity contribution in [1.82, 2.24) is 0 Å². The number of thioether (sulfide) groups is 2. The van der Waals surface area contributed by atoms with Crippen LogP contribution in [-0.2, 0) is 9.59 Å². The lowest BCUT2D eigenvalue weighted by atomic mass is 9.87. The lowest BCUT2D eigenvalue weighted by Crippen LogP contribution is -2.23. The van der Waals surface area contributed by atoms with E-state index in [1.54, 1.807) is 0 Å². The van der Waals surface area contributed by atoms with Crippen LogP contribution < -0.4 is 0 Å². The summed E-state index contributed by atoms with van der Waals surface area (Å²) in [4.78, 5) is 22.5. The Balaban J connectivity index is 1.67. The van der Waals surface area contributed by atoms with Crippen LogP contribution in [0.15, 0.2) is 12.2 Å². The van der Waals surface area contributed by atoms with Gasteiger partial charge in [0.25, 0.3) is 0 Å². The molecule has 0 aliphatic carbocycles. The van der Waals surface area contributed by atoms with E-state index >= 15 is 0 Å². The number of unbranched alkanes of at least 4 members (excludes halogenated alkanes) is 2. The fourth-order valence-electron chi connectivity index (χ4n) is 4.91. The third-order valence-corrected chi connectivity index (χ3v) is 10.8. The maximum absolute atomic E-state index is 11.3. The normalized spacial score (nSPS) is 26.6. The summed E-state index contributed by atoms with van der Waals surface area (Å²) < 4.78 is 0. The SMILES string of the molecule is CC(C)(CCCCC1CCCC(/C=C/C2CCCC(CCCCC(C)(C)C(=O)O)S2)S1)C(=O)O. The van der Waals surface area contributed by atoms with E-state index in [0.29, 0.717) is 10.5 Å². The average molecular weight is 513 g/mol. The molecule has 0 bridgehead atoms. The number of hydrogen-bond acceptors (Lipinski definition) is 4. The van der Waals surface area contributed by atoms with Gasteiger partial charge in [-0.05, 0) is 79.1 Å². The fraction of sp³-hybridized carbons (Fsp3) is 0.857. The highest BCUT2D eigenvalue weighted by Gasteiger charge is 2.28. The molecule has 2 N–H and O–H groups in total. The molecule has 2 rings (SSSR count). The van der Waals surface area contributed by atoms with E-state index in [1.807, 2.05) is 27.7 Å². The molecule has 0 aromatic heterocycles. The van der Waals surface area contributed by atoms with Crippen molar-refractivity contribution in [2.24, 2.45) is 10.8 Å². The Morgan fingerprint density at radius 3 is 1.44 bits per heavy atom. The summed E-state index contributed by atoms with van der Waals surface area (Å²) in [6.45, 7) is 7.33. The van der Waals surface area contributed by atoms with Gasteiger partial charge in [-0.3, -0.25) is 9.59 Å². The summed E-state index contributed by atoms with van der Waals surface area (Å²) in [5.41, 5.74) is -1.20. The van der Waals surface area contributed by atoms with Gasteiger partial charge >= 0.3 is 11.9 Å². The molecular formula is C28H48O4S2. The molecular weight excluding hydrogens is 464 g/mol. The lowest BCUT2D eigenvalue weighted by Gasteiger charge is -2.29. The maximum Gasteiger partial charge on any atom is 0.309 e. The van der Waals surface area contributed by atoms with Crippen LogP contribution in [0.25, 0.3) is 0 Å². The first-order valence-corrected chi connectivity index (χ1v) is 15.3. The van der Waals surface area contributed by atoms with Crippen LogP contribution in [0.3, 0.4) is 0 Å². The van der Waals surface area contributed by atoms with Gasteiger partial charge in [0.15, 0.2) is 0 Å². The number of rotatable bonds is 14. The van der Waals surface area contributed by atoms with Crippen molar-refractivity contribution in [2.45, 2.75) is 139 Å². The molecule has 0 radical (unpaired) electrons. The first-order chi connectivity index (χ1) is 16.0. The summed E-state index contributed by atoms with van der Waals surface area (Å²) in [5, 5.41) is 21.3. The van der Waals surface area contributed by atoms with Crippen LogP contribution in [0.5, 0.6) is 0 Å². The van der Waals surface area contributed by atoms with Gasteiger partial charge in [-0.2, -0.15) is 23.5 Å². The van der Waals surface area contributed by atoms with E-state index in [-0.39, 0.29) is 0 Å². The van der Waals surface area contributed by atoms with Crippen molar-refractivity contribution in [1.29, 1.82) is 0 Å². The molecule has 2 fully saturated rings. The zero-order chi connectivity index (χ0) is 25.2. The predicted octanol–water partition coefficient (Wildman–Crippen LogP) is 8.19. The first-order valence-electron chi connectivity index (χ1n) is 13.5.